The van der Waals surface area contributed by atoms with Gasteiger partial charge in [0.2, 0.25) is 0 Å². The molecule has 0 radical (unpaired) electrons. The van der Waals surface area contributed by atoms with Gasteiger partial charge in [-0.05, 0) is 19.3 Å². The lowest BCUT2D eigenvalue weighted by atomic mass is 10.1. The largest absolute Gasteiger partial charge is 0.379 e. The molecule has 78 valence electrons. The summed E-state index contributed by atoms with van der Waals surface area (Å²) in [4.78, 5) is 2.48. The fourth-order valence-electron chi connectivity index (χ4n) is 2.15. The Hall–Kier alpha value is -0.120. The fourth-order valence-corrected chi connectivity index (χ4v) is 2.15. The second kappa shape index (κ2) is 4.94. The molecule has 1 fully saturated rings. The lowest BCUT2D eigenvalue weighted by molar-refractivity contribution is 0.0671. The summed E-state index contributed by atoms with van der Waals surface area (Å²) in [5.41, 5.74) is 5.59. The van der Waals surface area contributed by atoms with Crippen molar-refractivity contribution >= 4 is 0 Å². The first-order chi connectivity index (χ1) is 6.17. The average Bonchev–Trinajstić information content (AvgIpc) is 2.41. The number of likely N-dealkylation sites (tertiary alicyclic amines) is 1. The highest BCUT2D eigenvalue weighted by atomic mass is 16.5. The Morgan fingerprint density at radius 3 is 2.62 bits per heavy atom. The summed E-state index contributed by atoms with van der Waals surface area (Å²) >= 11 is 0. The maximum absolute atomic E-state index is 5.59. The monoisotopic (exact) mass is 186 g/mol. The number of methoxy groups -OCH3 is 1. The van der Waals surface area contributed by atoms with Crippen LogP contribution in [0.1, 0.15) is 20.3 Å². The highest BCUT2D eigenvalue weighted by Gasteiger charge is 2.27. The van der Waals surface area contributed by atoms with Crippen LogP contribution in [0.5, 0.6) is 0 Å². The number of hydrogen-bond donors (Lipinski definition) is 1. The van der Waals surface area contributed by atoms with Gasteiger partial charge in [0.15, 0.2) is 0 Å². The molecule has 3 nitrogen and oxygen atoms in total. The number of rotatable bonds is 4. The van der Waals surface area contributed by atoms with E-state index in [0.717, 1.165) is 12.5 Å². The van der Waals surface area contributed by atoms with Crippen LogP contribution in [0.25, 0.3) is 0 Å². The van der Waals surface area contributed by atoms with Crippen molar-refractivity contribution in [2.75, 3.05) is 26.7 Å². The van der Waals surface area contributed by atoms with Gasteiger partial charge in [0.25, 0.3) is 0 Å². The second-order valence-electron chi connectivity index (χ2n) is 4.24. The summed E-state index contributed by atoms with van der Waals surface area (Å²) < 4.78 is 5.28. The molecular weight excluding hydrogens is 164 g/mol. The number of ether oxygens (including phenoxy) is 1. The van der Waals surface area contributed by atoms with E-state index in [0.29, 0.717) is 12.6 Å². The molecule has 1 saturated heterocycles. The number of nitrogens with zero attached hydrogens (tertiary/aromatic N) is 1. The van der Waals surface area contributed by atoms with Crippen LogP contribution >= 0.6 is 0 Å². The molecule has 0 amide bonds. The number of nitrogens with two attached hydrogens (primary N) is 1. The lowest BCUT2D eigenvalue weighted by Crippen LogP contribution is -2.39. The molecule has 13 heavy (non-hydrogen) atoms. The van der Waals surface area contributed by atoms with Gasteiger partial charge in [-0.3, -0.25) is 4.90 Å². The molecule has 3 unspecified atom stereocenters. The Balaban J connectivity index is 2.35. The summed E-state index contributed by atoms with van der Waals surface area (Å²) in [6.07, 6.45) is 1.51. The third kappa shape index (κ3) is 2.93. The van der Waals surface area contributed by atoms with Crippen LogP contribution in [0.3, 0.4) is 0 Å². The van der Waals surface area contributed by atoms with Gasteiger partial charge in [-0.2, -0.15) is 0 Å². The van der Waals surface area contributed by atoms with Crippen LogP contribution in [0.4, 0.5) is 0 Å². The van der Waals surface area contributed by atoms with Crippen LogP contribution in [0, 0.1) is 5.92 Å². The lowest BCUT2D eigenvalue weighted by Gasteiger charge is -2.25. The van der Waals surface area contributed by atoms with Crippen molar-refractivity contribution in [3.05, 3.63) is 0 Å². The van der Waals surface area contributed by atoms with Gasteiger partial charge in [-0.1, -0.05) is 6.92 Å². The molecular formula is C10H22N2O. The van der Waals surface area contributed by atoms with Crippen molar-refractivity contribution in [3.63, 3.8) is 0 Å². The van der Waals surface area contributed by atoms with E-state index in [1.165, 1.54) is 13.0 Å². The highest BCUT2D eigenvalue weighted by molar-refractivity contribution is 4.82. The molecule has 1 aliphatic heterocycles. The highest BCUT2D eigenvalue weighted by Crippen LogP contribution is 2.22. The molecule has 3 atom stereocenters. The van der Waals surface area contributed by atoms with E-state index in [4.69, 9.17) is 10.5 Å². The van der Waals surface area contributed by atoms with Crippen molar-refractivity contribution in [3.8, 4) is 0 Å². The van der Waals surface area contributed by atoms with E-state index in [-0.39, 0.29) is 6.10 Å². The molecule has 0 aromatic rings. The topological polar surface area (TPSA) is 38.5 Å². The van der Waals surface area contributed by atoms with Crippen LogP contribution < -0.4 is 5.73 Å². The first-order valence-corrected chi connectivity index (χ1v) is 5.14. The van der Waals surface area contributed by atoms with Gasteiger partial charge >= 0.3 is 0 Å². The van der Waals surface area contributed by atoms with Crippen molar-refractivity contribution in [2.24, 2.45) is 11.7 Å². The standard InChI is InChI=1S/C10H22N2O/c1-8-4-9(2)12(6-8)7-10(5-11)13-3/h8-10H,4-7,11H2,1-3H3. The molecule has 1 heterocycles. The quantitative estimate of drug-likeness (QED) is 0.702. The molecule has 1 aliphatic rings. The predicted molar refractivity (Wildman–Crippen MR) is 54.7 cm³/mol. The molecule has 0 aromatic heterocycles. The summed E-state index contributed by atoms with van der Waals surface area (Å²) in [6.45, 7) is 7.39. The van der Waals surface area contributed by atoms with Gasteiger partial charge < -0.3 is 10.5 Å². The molecule has 0 aromatic carbocycles. The zero-order valence-electron chi connectivity index (χ0n) is 8.99. The van der Waals surface area contributed by atoms with Crippen LogP contribution in [0.2, 0.25) is 0 Å². The van der Waals surface area contributed by atoms with Crippen molar-refractivity contribution < 1.29 is 4.74 Å². The summed E-state index contributed by atoms with van der Waals surface area (Å²) in [5.74, 6) is 0.824. The molecule has 0 aliphatic carbocycles. The van der Waals surface area contributed by atoms with Crippen molar-refractivity contribution in [1.29, 1.82) is 0 Å². The van der Waals surface area contributed by atoms with E-state index < -0.39 is 0 Å². The SMILES string of the molecule is COC(CN)CN1CC(C)CC1C. The smallest absolute Gasteiger partial charge is 0.0820 e. The van der Waals surface area contributed by atoms with E-state index in [1.807, 2.05) is 0 Å². The summed E-state index contributed by atoms with van der Waals surface area (Å²) in [6, 6.07) is 0.694. The molecule has 3 heteroatoms. The molecule has 2 N–H and O–H groups in total. The van der Waals surface area contributed by atoms with E-state index in [9.17, 15) is 0 Å². The molecule has 0 spiro atoms. The van der Waals surface area contributed by atoms with Crippen LogP contribution in [-0.4, -0.2) is 43.8 Å². The Bertz CT molecular complexity index is 148. The normalized spacial score (nSPS) is 32.3. The second-order valence-corrected chi connectivity index (χ2v) is 4.24. The minimum Gasteiger partial charge on any atom is -0.379 e. The molecule has 0 bridgehead atoms. The minimum atomic E-state index is 0.202. The maximum atomic E-state index is 5.59. The zero-order valence-corrected chi connectivity index (χ0v) is 8.99. The van der Waals surface area contributed by atoms with Gasteiger partial charge in [-0.25, -0.2) is 0 Å². The first kappa shape index (κ1) is 11.0. The Morgan fingerprint density at radius 1 is 1.54 bits per heavy atom. The van der Waals surface area contributed by atoms with Gasteiger partial charge in [0.1, 0.15) is 0 Å². The van der Waals surface area contributed by atoms with Crippen molar-refractivity contribution in [2.45, 2.75) is 32.4 Å². The Labute approximate surface area is 81.2 Å². The fraction of sp³-hybridized carbons (Fsp3) is 1.00. The van der Waals surface area contributed by atoms with Crippen LogP contribution in [0.15, 0.2) is 0 Å². The Kier molecular flexibility index (Phi) is 4.16. The van der Waals surface area contributed by atoms with Gasteiger partial charge in [0.05, 0.1) is 6.10 Å². The Morgan fingerprint density at radius 2 is 2.23 bits per heavy atom. The van der Waals surface area contributed by atoms with E-state index in [2.05, 4.69) is 18.7 Å². The average molecular weight is 186 g/mol. The van der Waals surface area contributed by atoms with Gasteiger partial charge in [0, 0.05) is 32.8 Å². The number of hydrogen-bond acceptors (Lipinski definition) is 3. The predicted octanol–water partition coefficient (Wildman–Crippen LogP) is 0.690. The first-order valence-electron chi connectivity index (χ1n) is 5.14. The van der Waals surface area contributed by atoms with E-state index >= 15 is 0 Å². The maximum Gasteiger partial charge on any atom is 0.0820 e. The third-order valence-electron chi connectivity index (χ3n) is 2.95. The molecule has 0 saturated carbocycles. The third-order valence-corrected chi connectivity index (χ3v) is 2.95. The van der Waals surface area contributed by atoms with Crippen molar-refractivity contribution in [1.82, 2.24) is 4.90 Å². The van der Waals surface area contributed by atoms with E-state index in [1.54, 1.807) is 7.11 Å². The zero-order chi connectivity index (χ0) is 9.84. The summed E-state index contributed by atoms with van der Waals surface area (Å²) in [7, 11) is 1.74. The van der Waals surface area contributed by atoms with Crippen LogP contribution in [-0.2, 0) is 4.74 Å². The summed E-state index contributed by atoms with van der Waals surface area (Å²) in [5, 5.41) is 0. The van der Waals surface area contributed by atoms with Gasteiger partial charge in [-0.15, -0.1) is 0 Å². The molecule has 1 rings (SSSR count). The minimum absolute atomic E-state index is 0.202.